The number of carbonyl (C=O) groups excluding carboxylic acids is 1. The fourth-order valence-electron chi connectivity index (χ4n) is 1.99. The van der Waals surface area contributed by atoms with E-state index >= 15 is 0 Å². The molecule has 0 heterocycles. The summed E-state index contributed by atoms with van der Waals surface area (Å²) >= 11 is 0. The predicted molar refractivity (Wildman–Crippen MR) is 85.1 cm³/mol. The van der Waals surface area contributed by atoms with E-state index in [2.05, 4.69) is 10.1 Å². The highest BCUT2D eigenvalue weighted by atomic mass is 19.3. The molecule has 132 valence electrons. The Morgan fingerprint density at radius 2 is 1.96 bits per heavy atom. The van der Waals surface area contributed by atoms with Crippen LogP contribution in [0, 0.1) is 10.1 Å². The number of amides is 1. The van der Waals surface area contributed by atoms with Crippen molar-refractivity contribution < 1.29 is 28.0 Å². The monoisotopic (exact) mass is 353 g/mol. The number of hydrogen-bond donors (Lipinski definition) is 2. The third-order valence-corrected chi connectivity index (χ3v) is 3.13. The number of nitrogens with two attached hydrogens (primary N) is 1. The number of nitrogens with zero attached hydrogens (tertiary/aromatic N) is 1. The highest BCUT2D eigenvalue weighted by Crippen LogP contribution is 2.32. The van der Waals surface area contributed by atoms with Gasteiger partial charge < -0.3 is 20.5 Å². The summed E-state index contributed by atoms with van der Waals surface area (Å²) in [7, 11) is 1.28. The van der Waals surface area contributed by atoms with Gasteiger partial charge in [-0.2, -0.15) is 8.78 Å². The summed E-state index contributed by atoms with van der Waals surface area (Å²) in [5.41, 5.74) is 5.09. The van der Waals surface area contributed by atoms with Gasteiger partial charge in [0.1, 0.15) is 5.69 Å². The van der Waals surface area contributed by atoms with E-state index in [0.717, 1.165) is 12.1 Å². The molecule has 0 aliphatic carbocycles. The maximum atomic E-state index is 12.4. The van der Waals surface area contributed by atoms with E-state index < -0.39 is 23.1 Å². The van der Waals surface area contributed by atoms with E-state index in [1.54, 1.807) is 0 Å². The molecule has 0 aliphatic rings. The molecule has 0 saturated heterocycles. The van der Waals surface area contributed by atoms with Gasteiger partial charge in [0.2, 0.25) is 0 Å². The SMILES string of the molecule is COc1ccc(NC(=O)c2ccc(N)c([N+](=O)[O-])c2)cc1OC(F)F. The fraction of sp³-hybridized carbons (Fsp3) is 0.133. The lowest BCUT2D eigenvalue weighted by molar-refractivity contribution is -0.383. The fourth-order valence-corrected chi connectivity index (χ4v) is 1.99. The standard InChI is InChI=1S/C15H13F2N3O5/c1-24-12-5-3-9(7-13(12)25-15(16)17)19-14(21)8-2-4-10(18)11(6-8)20(22)23/h2-7,15H,18H2,1H3,(H,19,21). The Hall–Kier alpha value is -3.43. The Balaban J connectivity index is 2.26. The van der Waals surface area contributed by atoms with Gasteiger partial charge in [-0.3, -0.25) is 14.9 Å². The number of nitro benzene ring substituents is 1. The van der Waals surface area contributed by atoms with E-state index in [0.29, 0.717) is 0 Å². The minimum Gasteiger partial charge on any atom is -0.493 e. The first-order valence-electron chi connectivity index (χ1n) is 6.80. The van der Waals surface area contributed by atoms with Gasteiger partial charge in [0.15, 0.2) is 11.5 Å². The zero-order chi connectivity index (χ0) is 18.6. The minimum atomic E-state index is -3.07. The van der Waals surface area contributed by atoms with Crippen molar-refractivity contribution in [3.63, 3.8) is 0 Å². The van der Waals surface area contributed by atoms with Crippen LogP contribution in [0.25, 0.3) is 0 Å². The maximum absolute atomic E-state index is 12.4. The second-order valence-corrected chi connectivity index (χ2v) is 4.73. The van der Waals surface area contributed by atoms with Crippen molar-refractivity contribution in [2.24, 2.45) is 0 Å². The molecule has 25 heavy (non-hydrogen) atoms. The van der Waals surface area contributed by atoms with Crippen LogP contribution >= 0.6 is 0 Å². The third-order valence-electron chi connectivity index (χ3n) is 3.13. The van der Waals surface area contributed by atoms with Crippen LogP contribution in [-0.2, 0) is 0 Å². The number of nitrogen functional groups attached to an aromatic ring is 1. The molecular formula is C15H13F2N3O5. The summed E-state index contributed by atoms with van der Waals surface area (Å²) in [6.07, 6.45) is 0. The summed E-state index contributed by atoms with van der Waals surface area (Å²) < 4.78 is 34.0. The van der Waals surface area contributed by atoms with Crippen LogP contribution in [0.3, 0.4) is 0 Å². The number of nitrogens with one attached hydrogen (secondary N) is 1. The van der Waals surface area contributed by atoms with Gasteiger partial charge in [-0.15, -0.1) is 0 Å². The summed E-state index contributed by atoms with van der Waals surface area (Å²) in [4.78, 5) is 22.3. The molecule has 8 nitrogen and oxygen atoms in total. The number of alkyl halides is 2. The maximum Gasteiger partial charge on any atom is 0.387 e. The largest absolute Gasteiger partial charge is 0.493 e. The van der Waals surface area contributed by atoms with E-state index in [1.165, 1.54) is 31.4 Å². The first-order valence-corrected chi connectivity index (χ1v) is 6.80. The zero-order valence-electron chi connectivity index (χ0n) is 12.9. The Morgan fingerprint density at radius 3 is 2.56 bits per heavy atom. The highest BCUT2D eigenvalue weighted by Gasteiger charge is 2.17. The molecule has 0 fully saturated rings. The van der Waals surface area contributed by atoms with Gasteiger partial charge in [-0.25, -0.2) is 0 Å². The molecule has 0 atom stereocenters. The van der Waals surface area contributed by atoms with Crippen molar-refractivity contribution >= 4 is 23.0 Å². The molecule has 2 aromatic carbocycles. The number of anilines is 2. The van der Waals surface area contributed by atoms with E-state index in [4.69, 9.17) is 10.5 Å². The lowest BCUT2D eigenvalue weighted by atomic mass is 10.1. The summed E-state index contributed by atoms with van der Waals surface area (Å²) in [6.45, 7) is -3.07. The number of halogens is 2. The molecule has 0 unspecified atom stereocenters. The number of rotatable bonds is 6. The third kappa shape index (κ3) is 4.31. The molecule has 0 aromatic heterocycles. The van der Waals surface area contributed by atoms with Crippen LogP contribution in [-0.4, -0.2) is 24.6 Å². The van der Waals surface area contributed by atoms with E-state index in [-0.39, 0.29) is 28.4 Å². The van der Waals surface area contributed by atoms with E-state index in [9.17, 15) is 23.7 Å². The number of hydrogen-bond acceptors (Lipinski definition) is 6. The smallest absolute Gasteiger partial charge is 0.387 e. The molecule has 0 bridgehead atoms. The molecule has 0 saturated carbocycles. The Labute approximate surface area is 140 Å². The molecule has 2 aromatic rings. The van der Waals surface area contributed by atoms with Gasteiger partial charge in [0.05, 0.1) is 12.0 Å². The number of nitro groups is 1. The lowest BCUT2D eigenvalue weighted by Crippen LogP contribution is -2.13. The van der Waals surface area contributed by atoms with Gasteiger partial charge >= 0.3 is 6.61 Å². The molecule has 0 radical (unpaired) electrons. The predicted octanol–water partition coefficient (Wildman–Crippen LogP) is 3.04. The average molecular weight is 353 g/mol. The zero-order valence-corrected chi connectivity index (χ0v) is 12.9. The van der Waals surface area contributed by atoms with Crippen molar-refractivity contribution in [2.75, 3.05) is 18.2 Å². The van der Waals surface area contributed by atoms with Crippen LogP contribution in [0.2, 0.25) is 0 Å². The van der Waals surface area contributed by atoms with Crippen molar-refractivity contribution in [3.05, 3.63) is 52.1 Å². The number of methoxy groups -OCH3 is 1. The van der Waals surface area contributed by atoms with Gasteiger partial charge in [0.25, 0.3) is 11.6 Å². The molecule has 0 aliphatic heterocycles. The van der Waals surface area contributed by atoms with Crippen molar-refractivity contribution in [1.82, 2.24) is 0 Å². The molecule has 3 N–H and O–H groups in total. The van der Waals surface area contributed by atoms with Crippen molar-refractivity contribution in [1.29, 1.82) is 0 Å². The Kier molecular flexibility index (Phi) is 5.32. The molecule has 0 spiro atoms. The van der Waals surface area contributed by atoms with Crippen LogP contribution in [0.4, 0.5) is 25.8 Å². The normalized spacial score (nSPS) is 10.4. The van der Waals surface area contributed by atoms with E-state index in [1.807, 2.05) is 0 Å². The number of ether oxygens (including phenoxy) is 2. The molecule has 2 rings (SSSR count). The van der Waals surface area contributed by atoms with Crippen LogP contribution < -0.4 is 20.5 Å². The van der Waals surface area contributed by atoms with Crippen LogP contribution in [0.5, 0.6) is 11.5 Å². The second kappa shape index (κ2) is 7.43. The van der Waals surface area contributed by atoms with Crippen LogP contribution in [0.1, 0.15) is 10.4 Å². The summed E-state index contributed by atoms with van der Waals surface area (Å²) in [5.74, 6) is -0.892. The molecule has 10 heteroatoms. The average Bonchev–Trinajstić information content (AvgIpc) is 2.54. The lowest BCUT2D eigenvalue weighted by Gasteiger charge is -2.12. The van der Waals surface area contributed by atoms with Crippen molar-refractivity contribution in [2.45, 2.75) is 6.61 Å². The molecule has 1 amide bonds. The summed E-state index contributed by atoms with van der Waals surface area (Å²) in [5, 5.41) is 13.3. The van der Waals surface area contributed by atoms with Gasteiger partial charge in [0, 0.05) is 23.4 Å². The first kappa shape index (κ1) is 17.9. The second-order valence-electron chi connectivity index (χ2n) is 4.73. The topological polar surface area (TPSA) is 117 Å². The first-order chi connectivity index (χ1) is 11.8. The minimum absolute atomic E-state index is 0.0203. The van der Waals surface area contributed by atoms with Gasteiger partial charge in [-0.1, -0.05) is 0 Å². The molecular weight excluding hydrogens is 340 g/mol. The number of benzene rings is 2. The highest BCUT2D eigenvalue weighted by molar-refractivity contribution is 6.05. The van der Waals surface area contributed by atoms with Crippen molar-refractivity contribution in [3.8, 4) is 11.5 Å². The number of carbonyl (C=O) groups is 1. The Bertz CT molecular complexity index is 814. The quantitative estimate of drug-likeness (QED) is 0.468. The van der Waals surface area contributed by atoms with Gasteiger partial charge in [-0.05, 0) is 24.3 Å². The Morgan fingerprint density at radius 1 is 1.24 bits per heavy atom. The van der Waals surface area contributed by atoms with Crippen LogP contribution in [0.15, 0.2) is 36.4 Å². The summed E-state index contributed by atoms with van der Waals surface area (Å²) in [6, 6.07) is 7.43.